The van der Waals surface area contributed by atoms with Crippen LogP contribution in [0.5, 0.6) is 0 Å². The van der Waals surface area contributed by atoms with Crippen LogP contribution in [-0.2, 0) is 16.0 Å². The second kappa shape index (κ2) is 8.22. The topological polar surface area (TPSA) is 94.3 Å². The van der Waals surface area contributed by atoms with Crippen molar-refractivity contribution in [3.8, 4) is 11.5 Å². The molecule has 27 heavy (non-hydrogen) atoms. The van der Waals surface area contributed by atoms with Crippen molar-refractivity contribution in [3.63, 3.8) is 0 Å². The lowest BCUT2D eigenvalue weighted by molar-refractivity contribution is -0.116. The minimum absolute atomic E-state index is 0.119. The Morgan fingerprint density at radius 1 is 1.15 bits per heavy atom. The summed E-state index contributed by atoms with van der Waals surface area (Å²) in [5, 5.41) is 10.5. The maximum atomic E-state index is 12.9. The van der Waals surface area contributed by atoms with E-state index in [1.807, 2.05) is 0 Å². The third-order valence-electron chi connectivity index (χ3n) is 3.69. The van der Waals surface area contributed by atoms with Crippen LogP contribution in [0, 0.1) is 5.82 Å². The van der Waals surface area contributed by atoms with Crippen LogP contribution < -0.4 is 5.32 Å². The molecule has 2 aromatic carbocycles. The van der Waals surface area contributed by atoms with E-state index in [9.17, 15) is 14.0 Å². The maximum Gasteiger partial charge on any atom is 0.337 e. The van der Waals surface area contributed by atoms with E-state index in [1.165, 1.54) is 37.4 Å². The van der Waals surface area contributed by atoms with Crippen LogP contribution in [-0.4, -0.2) is 29.2 Å². The quantitative estimate of drug-likeness (QED) is 0.671. The Hall–Kier alpha value is -3.55. The molecule has 3 rings (SSSR count). The Bertz CT molecular complexity index is 954. The number of hydrogen-bond acceptors (Lipinski definition) is 6. The van der Waals surface area contributed by atoms with Crippen molar-refractivity contribution in [2.24, 2.45) is 0 Å². The smallest absolute Gasteiger partial charge is 0.337 e. The second-order valence-electron chi connectivity index (χ2n) is 5.63. The molecule has 0 saturated heterocycles. The van der Waals surface area contributed by atoms with Crippen LogP contribution in [0.15, 0.2) is 52.9 Å². The SMILES string of the molecule is COC(=O)c1cccc(NC(=O)CCc2nnc(-c3ccc(F)cc3)o2)c1. The third kappa shape index (κ3) is 4.75. The molecule has 0 unspecified atom stereocenters. The Balaban J connectivity index is 1.57. The van der Waals surface area contributed by atoms with E-state index in [-0.39, 0.29) is 30.5 Å². The highest BCUT2D eigenvalue weighted by atomic mass is 19.1. The molecule has 0 radical (unpaired) electrons. The predicted octanol–water partition coefficient (Wildman–Crippen LogP) is 3.23. The van der Waals surface area contributed by atoms with Crippen molar-refractivity contribution >= 4 is 17.6 Å². The zero-order valence-corrected chi connectivity index (χ0v) is 14.4. The summed E-state index contributed by atoms with van der Waals surface area (Å²) in [6, 6.07) is 12.1. The van der Waals surface area contributed by atoms with Crippen LogP contribution in [0.2, 0.25) is 0 Å². The predicted molar refractivity (Wildman–Crippen MR) is 94.4 cm³/mol. The van der Waals surface area contributed by atoms with Crippen molar-refractivity contribution in [2.75, 3.05) is 12.4 Å². The number of methoxy groups -OCH3 is 1. The molecule has 0 atom stereocenters. The minimum atomic E-state index is -0.481. The van der Waals surface area contributed by atoms with Crippen molar-refractivity contribution in [1.82, 2.24) is 10.2 Å². The summed E-state index contributed by atoms with van der Waals surface area (Å²) in [4.78, 5) is 23.6. The number of anilines is 1. The van der Waals surface area contributed by atoms with Crippen LogP contribution in [0.3, 0.4) is 0 Å². The van der Waals surface area contributed by atoms with Gasteiger partial charge in [0.2, 0.25) is 17.7 Å². The number of halogens is 1. The van der Waals surface area contributed by atoms with Gasteiger partial charge in [-0.1, -0.05) is 6.07 Å². The van der Waals surface area contributed by atoms with Gasteiger partial charge >= 0.3 is 5.97 Å². The number of amides is 1. The molecule has 0 fully saturated rings. The number of nitrogens with zero attached hydrogens (tertiary/aromatic N) is 2. The Kier molecular flexibility index (Phi) is 5.55. The van der Waals surface area contributed by atoms with E-state index in [2.05, 4.69) is 20.3 Å². The van der Waals surface area contributed by atoms with Crippen LogP contribution in [0.4, 0.5) is 10.1 Å². The van der Waals surface area contributed by atoms with Crippen LogP contribution in [0.25, 0.3) is 11.5 Å². The number of carbonyl (C=O) groups is 2. The zero-order valence-electron chi connectivity index (χ0n) is 14.4. The van der Waals surface area contributed by atoms with E-state index >= 15 is 0 Å². The lowest BCUT2D eigenvalue weighted by Gasteiger charge is -2.06. The normalized spacial score (nSPS) is 10.4. The van der Waals surface area contributed by atoms with Gasteiger partial charge in [0.15, 0.2) is 0 Å². The maximum absolute atomic E-state index is 12.9. The first-order valence-electron chi connectivity index (χ1n) is 8.11. The molecule has 0 aliphatic carbocycles. The molecule has 0 saturated carbocycles. The summed E-state index contributed by atoms with van der Waals surface area (Å²) in [6.45, 7) is 0. The Morgan fingerprint density at radius 3 is 2.67 bits per heavy atom. The number of rotatable bonds is 6. The highest BCUT2D eigenvalue weighted by Gasteiger charge is 2.12. The highest BCUT2D eigenvalue weighted by molar-refractivity contribution is 5.94. The molecule has 1 N–H and O–H groups in total. The van der Waals surface area contributed by atoms with E-state index in [1.54, 1.807) is 18.2 Å². The van der Waals surface area contributed by atoms with Crippen molar-refractivity contribution in [1.29, 1.82) is 0 Å². The summed E-state index contributed by atoms with van der Waals surface area (Å²) in [6.07, 6.45) is 0.365. The van der Waals surface area contributed by atoms with Gasteiger partial charge in [-0.05, 0) is 42.5 Å². The number of hydrogen-bond donors (Lipinski definition) is 1. The number of esters is 1. The third-order valence-corrected chi connectivity index (χ3v) is 3.69. The minimum Gasteiger partial charge on any atom is -0.465 e. The molecule has 0 spiro atoms. The molecule has 138 valence electrons. The molecule has 1 amide bonds. The number of carbonyl (C=O) groups excluding carboxylic acids is 2. The number of ether oxygens (including phenoxy) is 1. The summed E-state index contributed by atoms with van der Waals surface area (Å²) >= 11 is 0. The highest BCUT2D eigenvalue weighted by Crippen LogP contribution is 2.19. The molecule has 1 heterocycles. The summed E-state index contributed by atoms with van der Waals surface area (Å²) < 4.78 is 23.1. The van der Waals surface area contributed by atoms with E-state index < -0.39 is 5.97 Å². The number of aryl methyl sites for hydroxylation is 1. The molecule has 7 nitrogen and oxygen atoms in total. The van der Waals surface area contributed by atoms with Gasteiger partial charge in [0, 0.05) is 24.1 Å². The van der Waals surface area contributed by atoms with Crippen molar-refractivity contribution in [3.05, 3.63) is 65.8 Å². The molecule has 3 aromatic rings. The first-order chi connectivity index (χ1) is 13.0. The largest absolute Gasteiger partial charge is 0.465 e. The van der Waals surface area contributed by atoms with Gasteiger partial charge in [-0.3, -0.25) is 4.79 Å². The van der Waals surface area contributed by atoms with Gasteiger partial charge in [0.25, 0.3) is 0 Å². The number of nitrogens with one attached hydrogen (secondary N) is 1. The van der Waals surface area contributed by atoms with Crippen molar-refractivity contribution < 1.29 is 23.1 Å². The van der Waals surface area contributed by atoms with Gasteiger partial charge in [-0.25, -0.2) is 9.18 Å². The fourth-order valence-corrected chi connectivity index (χ4v) is 2.35. The first-order valence-corrected chi connectivity index (χ1v) is 8.11. The molecule has 0 bridgehead atoms. The lowest BCUT2D eigenvalue weighted by atomic mass is 10.2. The fraction of sp³-hybridized carbons (Fsp3) is 0.158. The Labute approximate surface area is 154 Å². The monoisotopic (exact) mass is 369 g/mol. The molecule has 8 heteroatoms. The lowest BCUT2D eigenvalue weighted by Crippen LogP contribution is -2.13. The van der Waals surface area contributed by atoms with Crippen LogP contribution in [0.1, 0.15) is 22.7 Å². The Morgan fingerprint density at radius 2 is 1.93 bits per heavy atom. The first kappa shape index (κ1) is 18.2. The average Bonchev–Trinajstić information content (AvgIpc) is 3.15. The van der Waals surface area contributed by atoms with E-state index in [0.717, 1.165) is 0 Å². The van der Waals surface area contributed by atoms with Gasteiger partial charge < -0.3 is 14.5 Å². The van der Waals surface area contributed by atoms with Gasteiger partial charge in [-0.15, -0.1) is 10.2 Å². The van der Waals surface area contributed by atoms with E-state index in [0.29, 0.717) is 22.7 Å². The molecule has 0 aliphatic heterocycles. The van der Waals surface area contributed by atoms with Gasteiger partial charge in [0.1, 0.15) is 5.82 Å². The average molecular weight is 369 g/mol. The van der Waals surface area contributed by atoms with Crippen molar-refractivity contribution in [2.45, 2.75) is 12.8 Å². The van der Waals surface area contributed by atoms with Gasteiger partial charge in [0.05, 0.1) is 12.7 Å². The van der Waals surface area contributed by atoms with E-state index in [4.69, 9.17) is 4.42 Å². The molecular weight excluding hydrogens is 353 g/mol. The molecule has 0 aliphatic rings. The van der Waals surface area contributed by atoms with Gasteiger partial charge in [-0.2, -0.15) is 0 Å². The molecule has 1 aromatic heterocycles. The molecular formula is C19H16FN3O4. The summed E-state index contributed by atoms with van der Waals surface area (Å²) in [5.41, 5.74) is 1.43. The fourth-order valence-electron chi connectivity index (χ4n) is 2.35. The summed E-state index contributed by atoms with van der Waals surface area (Å²) in [5.74, 6) is -0.542. The second-order valence-corrected chi connectivity index (χ2v) is 5.63. The summed E-state index contributed by atoms with van der Waals surface area (Å²) in [7, 11) is 1.29. The van der Waals surface area contributed by atoms with Crippen LogP contribution >= 0.6 is 0 Å². The number of benzene rings is 2. The number of aromatic nitrogens is 2. The standard InChI is InChI=1S/C19H16FN3O4/c1-26-19(25)13-3-2-4-15(11-13)21-16(24)9-10-17-22-23-18(27-17)12-5-7-14(20)8-6-12/h2-8,11H,9-10H2,1H3,(H,21,24). The zero-order chi connectivity index (χ0) is 19.2.